The van der Waals surface area contributed by atoms with E-state index in [1.54, 1.807) is 19.2 Å². The van der Waals surface area contributed by atoms with Gasteiger partial charge in [-0.05, 0) is 69.0 Å². The van der Waals surface area contributed by atoms with E-state index in [9.17, 15) is 13.2 Å². The maximum Gasteiger partial charge on any atom is 0.240 e. The standard InChI is InChI=1S/C18H27N3O4S/c1-25-13-18(8-10-19-11-9-18)17(22)21-15-4-6-16(7-5-15)26(23,24)20-12-14-2-3-14/h4-7,14,19-20H,2-3,8-13H2,1H3,(H,21,22). The zero-order valence-corrected chi connectivity index (χ0v) is 15.9. The molecule has 144 valence electrons. The topological polar surface area (TPSA) is 96.5 Å². The molecule has 1 saturated heterocycles. The Morgan fingerprint density at radius 3 is 2.46 bits per heavy atom. The van der Waals surface area contributed by atoms with Gasteiger partial charge in [-0.15, -0.1) is 0 Å². The number of carbonyl (C=O) groups is 1. The number of amides is 1. The van der Waals surface area contributed by atoms with E-state index in [0.29, 0.717) is 37.6 Å². The second-order valence-corrected chi connectivity index (χ2v) is 9.00. The van der Waals surface area contributed by atoms with Crippen molar-refractivity contribution in [1.82, 2.24) is 10.0 Å². The molecule has 7 nitrogen and oxygen atoms in total. The van der Waals surface area contributed by atoms with Crippen molar-refractivity contribution in [2.24, 2.45) is 11.3 Å². The van der Waals surface area contributed by atoms with E-state index in [2.05, 4.69) is 15.4 Å². The number of anilines is 1. The molecule has 0 aromatic heterocycles. The molecule has 1 aliphatic heterocycles. The Morgan fingerprint density at radius 2 is 1.88 bits per heavy atom. The molecule has 1 saturated carbocycles. The van der Waals surface area contributed by atoms with Crippen molar-refractivity contribution >= 4 is 21.6 Å². The van der Waals surface area contributed by atoms with Crippen LogP contribution >= 0.6 is 0 Å². The number of carbonyl (C=O) groups excluding carboxylic acids is 1. The Hall–Kier alpha value is -1.48. The average Bonchev–Trinajstić information content (AvgIpc) is 3.46. The molecule has 0 unspecified atom stereocenters. The largest absolute Gasteiger partial charge is 0.384 e. The lowest BCUT2D eigenvalue weighted by molar-refractivity contribution is -0.130. The lowest BCUT2D eigenvalue weighted by atomic mass is 9.78. The molecule has 0 atom stereocenters. The molecule has 1 aromatic rings. The summed E-state index contributed by atoms with van der Waals surface area (Å²) in [6.07, 6.45) is 3.60. The molecule has 1 heterocycles. The minimum absolute atomic E-state index is 0.0803. The third kappa shape index (κ3) is 4.62. The minimum atomic E-state index is -3.49. The fourth-order valence-corrected chi connectivity index (χ4v) is 4.35. The van der Waals surface area contributed by atoms with Gasteiger partial charge in [0.2, 0.25) is 15.9 Å². The molecule has 1 amide bonds. The number of benzene rings is 1. The highest BCUT2D eigenvalue weighted by atomic mass is 32.2. The van der Waals surface area contributed by atoms with Gasteiger partial charge in [0, 0.05) is 19.3 Å². The van der Waals surface area contributed by atoms with Gasteiger partial charge in [-0.2, -0.15) is 0 Å². The lowest BCUT2D eigenvalue weighted by Gasteiger charge is -2.35. The summed E-state index contributed by atoms with van der Waals surface area (Å²) in [4.78, 5) is 13.0. The van der Waals surface area contributed by atoms with Crippen LogP contribution in [0.25, 0.3) is 0 Å². The first-order valence-corrected chi connectivity index (χ1v) is 10.5. The highest BCUT2D eigenvalue weighted by molar-refractivity contribution is 7.89. The van der Waals surface area contributed by atoms with Gasteiger partial charge in [0.1, 0.15) is 0 Å². The third-order valence-corrected chi connectivity index (χ3v) is 6.58. The molecule has 2 fully saturated rings. The highest BCUT2D eigenvalue weighted by Gasteiger charge is 2.39. The Balaban J connectivity index is 1.65. The van der Waals surface area contributed by atoms with E-state index >= 15 is 0 Å². The minimum Gasteiger partial charge on any atom is -0.384 e. The molecule has 0 spiro atoms. The molecular formula is C18H27N3O4S. The van der Waals surface area contributed by atoms with Gasteiger partial charge in [-0.25, -0.2) is 13.1 Å². The maximum absolute atomic E-state index is 12.8. The molecular weight excluding hydrogens is 354 g/mol. The van der Waals surface area contributed by atoms with Crippen LogP contribution in [-0.2, 0) is 19.6 Å². The summed E-state index contributed by atoms with van der Waals surface area (Å²) in [7, 11) is -1.89. The molecule has 3 N–H and O–H groups in total. The molecule has 0 radical (unpaired) electrons. The van der Waals surface area contributed by atoms with Crippen LogP contribution in [0, 0.1) is 11.3 Å². The van der Waals surface area contributed by atoms with Gasteiger partial charge in [0.05, 0.1) is 16.9 Å². The molecule has 1 aliphatic carbocycles. The summed E-state index contributed by atoms with van der Waals surface area (Å²) in [5.41, 5.74) is 0.0430. The monoisotopic (exact) mass is 381 g/mol. The summed E-state index contributed by atoms with van der Waals surface area (Å²) < 4.78 is 32.4. The molecule has 0 bridgehead atoms. The summed E-state index contributed by atoms with van der Waals surface area (Å²) in [6.45, 7) is 2.42. The van der Waals surface area contributed by atoms with Crippen molar-refractivity contribution in [3.63, 3.8) is 0 Å². The second-order valence-electron chi connectivity index (χ2n) is 7.24. The number of hydrogen-bond acceptors (Lipinski definition) is 5. The lowest BCUT2D eigenvalue weighted by Crippen LogP contribution is -2.47. The van der Waals surface area contributed by atoms with Gasteiger partial charge in [-0.1, -0.05) is 0 Å². The fourth-order valence-electron chi connectivity index (χ4n) is 3.23. The van der Waals surface area contributed by atoms with E-state index in [1.165, 1.54) is 12.1 Å². The average molecular weight is 381 g/mol. The van der Waals surface area contributed by atoms with E-state index in [1.807, 2.05) is 0 Å². The number of sulfonamides is 1. The van der Waals surface area contributed by atoms with E-state index in [0.717, 1.165) is 25.9 Å². The predicted octanol–water partition coefficient (Wildman–Crippen LogP) is 1.33. The van der Waals surface area contributed by atoms with Crippen molar-refractivity contribution in [2.75, 3.05) is 38.7 Å². The summed E-state index contributed by atoms with van der Waals surface area (Å²) >= 11 is 0. The summed E-state index contributed by atoms with van der Waals surface area (Å²) in [6, 6.07) is 6.31. The molecule has 1 aromatic carbocycles. The molecule has 8 heteroatoms. The van der Waals surface area contributed by atoms with Crippen LogP contribution < -0.4 is 15.4 Å². The van der Waals surface area contributed by atoms with Crippen LogP contribution in [0.3, 0.4) is 0 Å². The van der Waals surface area contributed by atoms with Crippen LogP contribution in [0.4, 0.5) is 5.69 Å². The number of rotatable bonds is 8. The first-order chi connectivity index (χ1) is 12.5. The number of piperidine rings is 1. The third-order valence-electron chi connectivity index (χ3n) is 5.14. The number of ether oxygens (including phenoxy) is 1. The van der Waals surface area contributed by atoms with E-state index in [4.69, 9.17) is 4.74 Å². The smallest absolute Gasteiger partial charge is 0.240 e. The number of nitrogens with one attached hydrogen (secondary N) is 3. The van der Waals surface area contributed by atoms with E-state index in [-0.39, 0.29) is 10.8 Å². The Morgan fingerprint density at radius 1 is 1.23 bits per heavy atom. The van der Waals surface area contributed by atoms with Crippen molar-refractivity contribution in [3.8, 4) is 0 Å². The Bertz CT molecular complexity index is 718. The zero-order valence-electron chi connectivity index (χ0n) is 15.1. The first kappa shape index (κ1) is 19.3. The number of hydrogen-bond donors (Lipinski definition) is 3. The molecule has 2 aliphatic rings. The van der Waals surface area contributed by atoms with E-state index < -0.39 is 15.4 Å². The Labute approximate surface area is 154 Å². The van der Waals surface area contributed by atoms with Gasteiger partial charge in [0.15, 0.2) is 0 Å². The zero-order chi connectivity index (χ0) is 18.6. The molecule has 3 rings (SSSR count). The Kier molecular flexibility index (Phi) is 5.96. The quantitative estimate of drug-likeness (QED) is 0.631. The van der Waals surface area contributed by atoms with Crippen molar-refractivity contribution in [3.05, 3.63) is 24.3 Å². The van der Waals surface area contributed by atoms with Crippen LogP contribution in [0.1, 0.15) is 25.7 Å². The van der Waals surface area contributed by atoms with Gasteiger partial charge < -0.3 is 15.4 Å². The maximum atomic E-state index is 12.8. The highest BCUT2D eigenvalue weighted by Crippen LogP contribution is 2.31. The van der Waals surface area contributed by atoms with Crippen LogP contribution in [-0.4, -0.2) is 47.7 Å². The van der Waals surface area contributed by atoms with Crippen molar-refractivity contribution in [1.29, 1.82) is 0 Å². The summed E-state index contributed by atoms with van der Waals surface area (Å²) in [5, 5.41) is 6.17. The van der Waals surface area contributed by atoms with Gasteiger partial charge in [0.25, 0.3) is 0 Å². The van der Waals surface area contributed by atoms with Crippen LogP contribution in [0.15, 0.2) is 29.2 Å². The second kappa shape index (κ2) is 8.04. The van der Waals surface area contributed by atoms with Crippen molar-refractivity contribution in [2.45, 2.75) is 30.6 Å². The van der Waals surface area contributed by atoms with Gasteiger partial charge >= 0.3 is 0 Å². The predicted molar refractivity (Wildman–Crippen MR) is 99.4 cm³/mol. The van der Waals surface area contributed by atoms with Crippen LogP contribution in [0.2, 0.25) is 0 Å². The molecule has 26 heavy (non-hydrogen) atoms. The first-order valence-electron chi connectivity index (χ1n) is 9.06. The van der Waals surface area contributed by atoms with Crippen molar-refractivity contribution < 1.29 is 17.9 Å². The van der Waals surface area contributed by atoms with Crippen LogP contribution in [0.5, 0.6) is 0 Å². The normalized spacial score (nSPS) is 19.9. The van der Waals surface area contributed by atoms with Gasteiger partial charge in [-0.3, -0.25) is 4.79 Å². The fraction of sp³-hybridized carbons (Fsp3) is 0.611. The SMILES string of the molecule is COCC1(C(=O)Nc2ccc(S(=O)(=O)NCC3CC3)cc2)CCNCC1. The summed E-state index contributed by atoms with van der Waals surface area (Å²) in [5.74, 6) is 0.397. The number of methoxy groups -OCH3 is 1.